The molecule has 0 amide bonds. The summed E-state index contributed by atoms with van der Waals surface area (Å²) in [4.78, 5) is 0. The van der Waals surface area contributed by atoms with Crippen LogP contribution in [-0.4, -0.2) is 18.8 Å². The van der Waals surface area contributed by atoms with Crippen molar-refractivity contribution < 1.29 is 4.74 Å². The summed E-state index contributed by atoms with van der Waals surface area (Å²) in [5.74, 6) is 6.01. The summed E-state index contributed by atoms with van der Waals surface area (Å²) in [6.45, 7) is 5.24. The first-order valence-electron chi connectivity index (χ1n) is 4.83. The lowest BCUT2D eigenvalue weighted by Gasteiger charge is -2.32. The average molecular weight is 172 g/mol. The highest BCUT2D eigenvalue weighted by Crippen LogP contribution is 2.19. The SMILES string of the molecule is CC(C)C(NN)C1CCCCO1. The first-order chi connectivity index (χ1) is 5.75. The summed E-state index contributed by atoms with van der Waals surface area (Å²) < 4.78 is 5.65. The molecule has 2 atom stereocenters. The third-order valence-electron chi connectivity index (χ3n) is 2.53. The van der Waals surface area contributed by atoms with Crippen molar-refractivity contribution >= 4 is 0 Å². The molecule has 3 N–H and O–H groups in total. The number of nitrogens with one attached hydrogen (secondary N) is 1. The first-order valence-corrected chi connectivity index (χ1v) is 4.83. The number of ether oxygens (including phenoxy) is 1. The van der Waals surface area contributed by atoms with Gasteiger partial charge in [-0.05, 0) is 25.2 Å². The summed E-state index contributed by atoms with van der Waals surface area (Å²) in [5.41, 5.74) is 2.85. The molecule has 0 aromatic rings. The third kappa shape index (κ3) is 2.44. The van der Waals surface area contributed by atoms with E-state index in [0.717, 1.165) is 13.0 Å². The molecule has 0 spiro atoms. The summed E-state index contributed by atoms with van der Waals surface area (Å²) in [6, 6.07) is 0.310. The molecule has 0 aromatic heterocycles. The van der Waals surface area contributed by atoms with Gasteiger partial charge < -0.3 is 4.74 Å². The fourth-order valence-corrected chi connectivity index (χ4v) is 1.78. The van der Waals surface area contributed by atoms with Gasteiger partial charge in [0.25, 0.3) is 0 Å². The van der Waals surface area contributed by atoms with Gasteiger partial charge in [-0.25, -0.2) is 0 Å². The van der Waals surface area contributed by atoms with E-state index in [9.17, 15) is 0 Å². The maximum Gasteiger partial charge on any atom is 0.0744 e. The van der Waals surface area contributed by atoms with E-state index in [4.69, 9.17) is 10.6 Å². The summed E-state index contributed by atoms with van der Waals surface area (Å²) >= 11 is 0. The molecular formula is C9H20N2O. The van der Waals surface area contributed by atoms with Gasteiger partial charge >= 0.3 is 0 Å². The van der Waals surface area contributed by atoms with Crippen LogP contribution in [-0.2, 0) is 4.74 Å². The van der Waals surface area contributed by atoms with Crippen molar-refractivity contribution in [3.05, 3.63) is 0 Å². The van der Waals surface area contributed by atoms with E-state index in [1.165, 1.54) is 12.8 Å². The van der Waals surface area contributed by atoms with Crippen molar-refractivity contribution in [2.45, 2.75) is 45.3 Å². The van der Waals surface area contributed by atoms with Gasteiger partial charge in [0.1, 0.15) is 0 Å². The van der Waals surface area contributed by atoms with Crippen LogP contribution in [0.1, 0.15) is 33.1 Å². The normalized spacial score (nSPS) is 27.5. The Balaban J connectivity index is 2.40. The van der Waals surface area contributed by atoms with Crippen molar-refractivity contribution in [1.82, 2.24) is 5.43 Å². The zero-order valence-electron chi connectivity index (χ0n) is 8.05. The van der Waals surface area contributed by atoms with E-state index in [0.29, 0.717) is 18.1 Å². The molecule has 0 aliphatic carbocycles. The van der Waals surface area contributed by atoms with Gasteiger partial charge in [0, 0.05) is 12.6 Å². The summed E-state index contributed by atoms with van der Waals surface area (Å²) in [7, 11) is 0. The Morgan fingerprint density at radius 1 is 1.42 bits per heavy atom. The number of hydrazine groups is 1. The van der Waals surface area contributed by atoms with Crippen LogP contribution in [0.25, 0.3) is 0 Å². The van der Waals surface area contributed by atoms with E-state index in [2.05, 4.69) is 19.3 Å². The minimum absolute atomic E-state index is 0.310. The van der Waals surface area contributed by atoms with Gasteiger partial charge in [0.2, 0.25) is 0 Å². The predicted octanol–water partition coefficient (Wildman–Crippen LogP) is 1.04. The number of hydrogen-bond acceptors (Lipinski definition) is 3. The van der Waals surface area contributed by atoms with Crippen molar-refractivity contribution in [1.29, 1.82) is 0 Å². The molecule has 1 saturated heterocycles. The lowest BCUT2D eigenvalue weighted by molar-refractivity contribution is -0.0175. The molecule has 1 aliphatic heterocycles. The lowest BCUT2D eigenvalue weighted by Crippen LogP contribution is -2.49. The second kappa shape index (κ2) is 4.80. The Hall–Kier alpha value is -0.120. The maximum absolute atomic E-state index is 5.65. The molecule has 3 nitrogen and oxygen atoms in total. The molecule has 0 bridgehead atoms. The van der Waals surface area contributed by atoms with E-state index < -0.39 is 0 Å². The van der Waals surface area contributed by atoms with E-state index >= 15 is 0 Å². The second-order valence-corrected chi connectivity index (χ2v) is 3.84. The van der Waals surface area contributed by atoms with Crippen LogP contribution >= 0.6 is 0 Å². The largest absolute Gasteiger partial charge is 0.377 e. The topological polar surface area (TPSA) is 47.3 Å². The summed E-state index contributed by atoms with van der Waals surface area (Å²) in [5, 5.41) is 0. The Morgan fingerprint density at radius 2 is 2.17 bits per heavy atom. The fourth-order valence-electron chi connectivity index (χ4n) is 1.78. The van der Waals surface area contributed by atoms with Crippen molar-refractivity contribution in [3.8, 4) is 0 Å². The van der Waals surface area contributed by atoms with Crippen LogP contribution in [0, 0.1) is 5.92 Å². The van der Waals surface area contributed by atoms with Crippen molar-refractivity contribution in [3.63, 3.8) is 0 Å². The molecule has 1 heterocycles. The highest BCUT2D eigenvalue weighted by molar-refractivity contribution is 4.79. The average Bonchev–Trinajstić information content (AvgIpc) is 2.07. The van der Waals surface area contributed by atoms with Crippen LogP contribution in [0.3, 0.4) is 0 Å². The predicted molar refractivity (Wildman–Crippen MR) is 49.5 cm³/mol. The van der Waals surface area contributed by atoms with E-state index in [1.54, 1.807) is 0 Å². The molecule has 0 saturated carbocycles. The zero-order valence-corrected chi connectivity index (χ0v) is 8.05. The van der Waals surface area contributed by atoms with E-state index in [-0.39, 0.29) is 0 Å². The minimum Gasteiger partial charge on any atom is -0.377 e. The molecule has 72 valence electrons. The van der Waals surface area contributed by atoms with Gasteiger partial charge in [-0.3, -0.25) is 11.3 Å². The zero-order chi connectivity index (χ0) is 8.97. The van der Waals surface area contributed by atoms with Crippen LogP contribution in [0.4, 0.5) is 0 Å². The molecular weight excluding hydrogens is 152 g/mol. The van der Waals surface area contributed by atoms with Gasteiger partial charge in [-0.15, -0.1) is 0 Å². The van der Waals surface area contributed by atoms with Crippen LogP contribution < -0.4 is 11.3 Å². The maximum atomic E-state index is 5.65. The van der Waals surface area contributed by atoms with Crippen molar-refractivity contribution in [2.75, 3.05) is 6.61 Å². The molecule has 1 fully saturated rings. The highest BCUT2D eigenvalue weighted by Gasteiger charge is 2.25. The van der Waals surface area contributed by atoms with Crippen LogP contribution in [0.5, 0.6) is 0 Å². The molecule has 1 aliphatic rings. The molecule has 3 heteroatoms. The molecule has 2 unspecified atom stereocenters. The molecule has 0 radical (unpaired) electrons. The molecule has 12 heavy (non-hydrogen) atoms. The second-order valence-electron chi connectivity index (χ2n) is 3.84. The first kappa shape index (κ1) is 9.96. The number of nitrogens with two attached hydrogens (primary N) is 1. The van der Waals surface area contributed by atoms with Crippen molar-refractivity contribution in [2.24, 2.45) is 11.8 Å². The van der Waals surface area contributed by atoms with Gasteiger partial charge in [0.15, 0.2) is 0 Å². The van der Waals surface area contributed by atoms with Crippen LogP contribution in [0.15, 0.2) is 0 Å². The Morgan fingerprint density at radius 3 is 2.58 bits per heavy atom. The van der Waals surface area contributed by atoms with Gasteiger partial charge in [0.05, 0.1) is 6.10 Å². The smallest absolute Gasteiger partial charge is 0.0744 e. The quantitative estimate of drug-likeness (QED) is 0.494. The lowest BCUT2D eigenvalue weighted by atomic mass is 9.94. The third-order valence-corrected chi connectivity index (χ3v) is 2.53. The highest BCUT2D eigenvalue weighted by atomic mass is 16.5. The Labute approximate surface area is 74.6 Å². The fraction of sp³-hybridized carbons (Fsp3) is 1.00. The van der Waals surface area contributed by atoms with Crippen LogP contribution in [0.2, 0.25) is 0 Å². The number of rotatable bonds is 3. The Kier molecular flexibility index (Phi) is 3.98. The van der Waals surface area contributed by atoms with Gasteiger partial charge in [-0.1, -0.05) is 13.8 Å². The minimum atomic E-state index is 0.310. The molecule has 0 aromatic carbocycles. The Bertz CT molecular complexity index is 122. The molecule has 1 rings (SSSR count). The number of hydrogen-bond donors (Lipinski definition) is 2. The standard InChI is InChI=1S/C9H20N2O/c1-7(2)9(11-10)8-5-3-4-6-12-8/h7-9,11H,3-6,10H2,1-2H3. The monoisotopic (exact) mass is 172 g/mol. The summed E-state index contributed by atoms with van der Waals surface area (Å²) in [6.07, 6.45) is 3.94. The van der Waals surface area contributed by atoms with E-state index in [1.807, 2.05) is 0 Å². The van der Waals surface area contributed by atoms with Gasteiger partial charge in [-0.2, -0.15) is 0 Å².